The van der Waals surface area contributed by atoms with E-state index in [4.69, 9.17) is 19.7 Å². The molecular weight excluding hydrogens is 483 g/mol. The highest BCUT2D eigenvalue weighted by molar-refractivity contribution is 5.75. The Morgan fingerprint density at radius 2 is 1.87 bits per heavy atom. The summed E-state index contributed by atoms with van der Waals surface area (Å²) in [4.78, 5) is 14.3. The van der Waals surface area contributed by atoms with E-state index in [-0.39, 0.29) is 18.3 Å². The van der Waals surface area contributed by atoms with Gasteiger partial charge in [0.1, 0.15) is 24.1 Å². The van der Waals surface area contributed by atoms with Crippen molar-refractivity contribution in [3.8, 4) is 11.9 Å². The summed E-state index contributed by atoms with van der Waals surface area (Å²) in [5.41, 5.74) is 2.87. The van der Waals surface area contributed by atoms with Gasteiger partial charge in [-0.3, -0.25) is 4.90 Å². The van der Waals surface area contributed by atoms with E-state index in [9.17, 15) is 4.39 Å². The summed E-state index contributed by atoms with van der Waals surface area (Å²) in [6, 6.07) is 20.3. The maximum atomic E-state index is 14.2. The fourth-order valence-corrected chi connectivity index (χ4v) is 4.96. The molecule has 0 radical (unpaired) electrons. The smallest absolute Gasteiger partial charge is 0.215 e. The van der Waals surface area contributed by atoms with Crippen LogP contribution < -0.4 is 9.64 Å². The van der Waals surface area contributed by atoms with Crippen molar-refractivity contribution in [2.24, 2.45) is 0 Å². The number of anilines is 1. The summed E-state index contributed by atoms with van der Waals surface area (Å²) in [6.07, 6.45) is 1.38. The second-order valence-electron chi connectivity index (χ2n) is 9.71. The Morgan fingerprint density at radius 1 is 1.03 bits per heavy atom. The standard InChI is InChI=1S/C29H29FN6O2/c30-24-16-21(17-31)8-9-22(24)20-38-29-7-3-6-27(33-29)35-13-11-34(12-14-35)19-28-32-25-4-1-2-5-26(25)36(28)18-23-10-15-37-23/h1-9,16,23H,10-15,18-20H2/t23-/m0/s1. The molecule has 194 valence electrons. The highest BCUT2D eigenvalue weighted by Crippen LogP contribution is 2.23. The Labute approximate surface area is 220 Å². The third-order valence-electron chi connectivity index (χ3n) is 7.24. The second kappa shape index (κ2) is 10.8. The van der Waals surface area contributed by atoms with Gasteiger partial charge in [-0.15, -0.1) is 0 Å². The zero-order chi connectivity index (χ0) is 25.9. The second-order valence-corrected chi connectivity index (χ2v) is 9.71. The number of aromatic nitrogens is 3. The first kappa shape index (κ1) is 24.3. The van der Waals surface area contributed by atoms with E-state index in [1.165, 1.54) is 11.6 Å². The predicted molar refractivity (Wildman–Crippen MR) is 141 cm³/mol. The number of piperazine rings is 1. The van der Waals surface area contributed by atoms with Crippen LogP contribution >= 0.6 is 0 Å². The summed E-state index contributed by atoms with van der Waals surface area (Å²) < 4.78 is 28.0. The number of ether oxygens (including phenoxy) is 2. The topological polar surface area (TPSA) is 79.4 Å². The Morgan fingerprint density at radius 3 is 2.63 bits per heavy atom. The van der Waals surface area contributed by atoms with Crippen molar-refractivity contribution in [2.75, 3.05) is 37.7 Å². The molecule has 2 saturated heterocycles. The summed E-state index contributed by atoms with van der Waals surface area (Å²) >= 11 is 0. The molecule has 0 unspecified atom stereocenters. The quantitative estimate of drug-likeness (QED) is 0.351. The minimum Gasteiger partial charge on any atom is -0.473 e. The van der Waals surface area contributed by atoms with Gasteiger partial charge in [0.05, 0.1) is 41.9 Å². The lowest BCUT2D eigenvalue weighted by Gasteiger charge is -2.35. The van der Waals surface area contributed by atoms with Gasteiger partial charge in [-0.05, 0) is 36.8 Å². The van der Waals surface area contributed by atoms with Gasteiger partial charge in [-0.1, -0.05) is 24.3 Å². The molecule has 9 heteroatoms. The molecule has 6 rings (SSSR count). The van der Waals surface area contributed by atoms with E-state index in [0.29, 0.717) is 11.4 Å². The van der Waals surface area contributed by atoms with Crippen LogP contribution in [0.1, 0.15) is 23.4 Å². The third kappa shape index (κ3) is 5.19. The first-order valence-electron chi connectivity index (χ1n) is 13.0. The highest BCUT2D eigenvalue weighted by atomic mass is 19.1. The minimum atomic E-state index is -0.454. The number of fused-ring (bicyclic) bond motifs is 1. The number of pyridine rings is 1. The molecule has 4 heterocycles. The first-order valence-corrected chi connectivity index (χ1v) is 13.0. The molecule has 0 saturated carbocycles. The van der Waals surface area contributed by atoms with E-state index in [2.05, 4.69) is 37.5 Å². The number of nitriles is 1. The van der Waals surface area contributed by atoms with Crippen LogP contribution in [0, 0.1) is 17.1 Å². The molecule has 2 aromatic carbocycles. The minimum absolute atomic E-state index is 0.0503. The normalized spacial score (nSPS) is 17.8. The molecule has 0 spiro atoms. The van der Waals surface area contributed by atoms with E-state index in [1.54, 1.807) is 18.2 Å². The third-order valence-corrected chi connectivity index (χ3v) is 7.24. The summed E-state index contributed by atoms with van der Waals surface area (Å²) in [5.74, 6) is 1.92. The molecule has 0 aliphatic carbocycles. The molecule has 2 aromatic heterocycles. The number of para-hydroxylation sites is 2. The number of hydrogen-bond donors (Lipinski definition) is 0. The van der Waals surface area contributed by atoms with Crippen molar-refractivity contribution in [3.05, 3.63) is 83.4 Å². The van der Waals surface area contributed by atoms with E-state index >= 15 is 0 Å². The number of imidazole rings is 1. The van der Waals surface area contributed by atoms with Gasteiger partial charge in [-0.25, -0.2) is 9.37 Å². The van der Waals surface area contributed by atoms with Gasteiger partial charge in [0.15, 0.2) is 0 Å². The average Bonchev–Trinajstić information content (AvgIpc) is 3.27. The van der Waals surface area contributed by atoms with Gasteiger partial charge in [-0.2, -0.15) is 10.2 Å². The number of halogens is 1. The maximum absolute atomic E-state index is 14.2. The molecule has 0 N–H and O–H groups in total. The largest absolute Gasteiger partial charge is 0.473 e. The van der Waals surface area contributed by atoms with Crippen molar-refractivity contribution in [2.45, 2.75) is 32.2 Å². The van der Waals surface area contributed by atoms with Gasteiger partial charge in [0.25, 0.3) is 0 Å². The fraction of sp³-hybridized carbons (Fsp3) is 0.345. The van der Waals surface area contributed by atoms with E-state index < -0.39 is 5.82 Å². The van der Waals surface area contributed by atoms with Crippen LogP contribution in [0.2, 0.25) is 0 Å². The van der Waals surface area contributed by atoms with Crippen LogP contribution in [0.3, 0.4) is 0 Å². The zero-order valence-electron chi connectivity index (χ0n) is 21.1. The Balaban J connectivity index is 1.08. The summed E-state index contributed by atoms with van der Waals surface area (Å²) in [5, 5.41) is 8.92. The van der Waals surface area contributed by atoms with Crippen molar-refractivity contribution in [1.82, 2.24) is 19.4 Å². The fourth-order valence-electron chi connectivity index (χ4n) is 4.96. The maximum Gasteiger partial charge on any atom is 0.215 e. The Bertz CT molecular complexity index is 1470. The summed E-state index contributed by atoms with van der Waals surface area (Å²) in [7, 11) is 0. The molecule has 2 aliphatic rings. The van der Waals surface area contributed by atoms with Crippen LogP contribution in [0.4, 0.5) is 10.2 Å². The number of rotatable bonds is 8. The van der Waals surface area contributed by atoms with Gasteiger partial charge in [0, 0.05) is 44.4 Å². The summed E-state index contributed by atoms with van der Waals surface area (Å²) in [6.45, 7) is 6.01. The molecule has 2 aliphatic heterocycles. The van der Waals surface area contributed by atoms with Crippen LogP contribution in [0.15, 0.2) is 60.7 Å². The molecule has 4 aromatic rings. The Kier molecular flexibility index (Phi) is 6.90. The zero-order valence-corrected chi connectivity index (χ0v) is 21.1. The van der Waals surface area contributed by atoms with Gasteiger partial charge in [0.2, 0.25) is 5.88 Å². The lowest BCUT2D eigenvalue weighted by atomic mass is 10.1. The van der Waals surface area contributed by atoms with Crippen molar-refractivity contribution < 1.29 is 13.9 Å². The monoisotopic (exact) mass is 512 g/mol. The number of hydrogen-bond acceptors (Lipinski definition) is 7. The molecule has 0 amide bonds. The predicted octanol–water partition coefficient (Wildman–Crippen LogP) is 4.13. The number of nitrogens with zero attached hydrogens (tertiary/aromatic N) is 6. The SMILES string of the molecule is N#Cc1ccc(COc2cccc(N3CCN(Cc4nc5ccccc5n4C[C@@H]4CCO4)CC3)n2)c(F)c1. The number of benzene rings is 2. The first-order chi connectivity index (χ1) is 18.7. The molecule has 1 atom stereocenters. The molecule has 38 heavy (non-hydrogen) atoms. The highest BCUT2D eigenvalue weighted by Gasteiger charge is 2.24. The van der Waals surface area contributed by atoms with Crippen LogP contribution in [-0.4, -0.2) is 58.3 Å². The van der Waals surface area contributed by atoms with Crippen LogP contribution in [0.5, 0.6) is 5.88 Å². The van der Waals surface area contributed by atoms with E-state index in [1.807, 2.05) is 24.3 Å². The average molecular weight is 513 g/mol. The molecular formula is C29H29FN6O2. The van der Waals surface area contributed by atoms with Crippen molar-refractivity contribution in [3.63, 3.8) is 0 Å². The molecule has 8 nitrogen and oxygen atoms in total. The van der Waals surface area contributed by atoms with Crippen LogP contribution in [0.25, 0.3) is 11.0 Å². The molecule has 0 bridgehead atoms. The van der Waals surface area contributed by atoms with Gasteiger partial charge >= 0.3 is 0 Å². The van der Waals surface area contributed by atoms with E-state index in [0.717, 1.165) is 69.5 Å². The lowest BCUT2D eigenvalue weighted by molar-refractivity contribution is -0.0592. The van der Waals surface area contributed by atoms with Crippen molar-refractivity contribution in [1.29, 1.82) is 5.26 Å². The molecule has 2 fully saturated rings. The van der Waals surface area contributed by atoms with Gasteiger partial charge < -0.3 is 18.9 Å². The van der Waals surface area contributed by atoms with Crippen molar-refractivity contribution >= 4 is 16.9 Å². The lowest BCUT2D eigenvalue weighted by Crippen LogP contribution is -2.46. The van der Waals surface area contributed by atoms with Crippen LogP contribution in [-0.2, 0) is 24.4 Å². The Hall–Kier alpha value is -4.00.